The number of aliphatic hydroxyl groups excluding tert-OH is 1. The lowest BCUT2D eigenvalue weighted by Gasteiger charge is -2.21. The lowest BCUT2D eigenvalue weighted by atomic mass is 9.99. The van der Waals surface area contributed by atoms with Crippen LogP contribution in [0.2, 0.25) is 0 Å². The fourth-order valence-corrected chi connectivity index (χ4v) is 14.2. The van der Waals surface area contributed by atoms with Crippen LogP contribution in [-0.4, -0.2) is 96.7 Å². The Kier molecular flexibility index (Phi) is 74.1. The second kappa shape index (κ2) is 75.9. The smallest absolute Gasteiger partial charge is 0.462 e. The number of carbonyl (C=O) groups excluding carboxylic acids is 4. The van der Waals surface area contributed by atoms with Crippen molar-refractivity contribution in [3.63, 3.8) is 0 Å². The van der Waals surface area contributed by atoms with Gasteiger partial charge in [0, 0.05) is 25.7 Å². The summed E-state index contributed by atoms with van der Waals surface area (Å²) in [5.74, 6) is -0.561. The molecule has 0 aromatic carbocycles. The summed E-state index contributed by atoms with van der Waals surface area (Å²) in [4.78, 5) is 73.1. The van der Waals surface area contributed by atoms with Crippen LogP contribution in [0.4, 0.5) is 0 Å². The third-order valence-electron chi connectivity index (χ3n) is 20.1. The molecule has 19 heteroatoms. The highest BCUT2D eigenvalue weighted by molar-refractivity contribution is 7.47. The first-order chi connectivity index (χ1) is 50.4. The Labute approximate surface area is 637 Å². The van der Waals surface area contributed by atoms with E-state index in [4.69, 9.17) is 37.0 Å². The van der Waals surface area contributed by atoms with Crippen molar-refractivity contribution in [3.05, 3.63) is 24.3 Å². The van der Waals surface area contributed by atoms with Crippen molar-refractivity contribution in [2.45, 2.75) is 445 Å². The summed E-state index contributed by atoms with van der Waals surface area (Å²) in [7, 11) is -9.94. The van der Waals surface area contributed by atoms with Crippen LogP contribution >= 0.6 is 15.6 Å². The van der Waals surface area contributed by atoms with E-state index in [1.807, 2.05) is 0 Å². The molecule has 614 valence electrons. The van der Waals surface area contributed by atoms with Crippen LogP contribution in [0, 0.1) is 11.8 Å². The van der Waals surface area contributed by atoms with E-state index in [0.717, 1.165) is 121 Å². The molecule has 0 bridgehead atoms. The van der Waals surface area contributed by atoms with E-state index >= 15 is 0 Å². The number of phosphoric acid groups is 2. The van der Waals surface area contributed by atoms with Crippen LogP contribution in [-0.2, 0) is 65.4 Å². The Hall–Kier alpha value is -2.46. The molecule has 3 N–H and O–H groups in total. The highest BCUT2D eigenvalue weighted by Crippen LogP contribution is 2.45. The van der Waals surface area contributed by atoms with Gasteiger partial charge in [0.05, 0.1) is 26.4 Å². The molecule has 0 aromatic heterocycles. The zero-order valence-corrected chi connectivity index (χ0v) is 69.6. The summed E-state index contributed by atoms with van der Waals surface area (Å²) < 4.78 is 68.8. The predicted octanol–water partition coefficient (Wildman–Crippen LogP) is 25.4. The van der Waals surface area contributed by atoms with Gasteiger partial charge < -0.3 is 33.8 Å². The molecule has 0 saturated heterocycles. The SMILES string of the molecule is CCCCCC/C=C\C=C/CCCCCCCC(=O)O[C@H](COC(=O)CCCCCCCCC(C)CC)COP(=O)(O)OC[C@H](O)COP(=O)(O)OC[C@@H](COC(=O)CCCCCCCCCCCCCCCCC(C)CC)OC(=O)CCCCCCCCCCCCCCCCCCCCCCC. The highest BCUT2D eigenvalue weighted by atomic mass is 31.2. The van der Waals surface area contributed by atoms with Gasteiger partial charge in [-0.1, -0.05) is 374 Å². The lowest BCUT2D eigenvalue weighted by Crippen LogP contribution is -2.30. The Morgan fingerprint density at radius 2 is 0.538 bits per heavy atom. The quantitative estimate of drug-likeness (QED) is 0.0169. The number of esters is 4. The number of unbranched alkanes of at least 4 members (excludes halogenated alkanes) is 47. The average molecular weight is 1520 g/mol. The molecule has 104 heavy (non-hydrogen) atoms. The van der Waals surface area contributed by atoms with E-state index in [1.54, 1.807) is 0 Å². The average Bonchev–Trinajstić information content (AvgIpc) is 1.09. The van der Waals surface area contributed by atoms with Crippen molar-refractivity contribution < 1.29 is 80.2 Å². The number of ether oxygens (including phenoxy) is 4. The van der Waals surface area contributed by atoms with Gasteiger partial charge in [-0.3, -0.25) is 37.3 Å². The van der Waals surface area contributed by atoms with E-state index < -0.39 is 97.5 Å². The molecule has 0 saturated carbocycles. The number of hydrogen-bond acceptors (Lipinski definition) is 15. The zero-order chi connectivity index (χ0) is 76.4. The van der Waals surface area contributed by atoms with Gasteiger partial charge in [-0.25, -0.2) is 9.13 Å². The van der Waals surface area contributed by atoms with Gasteiger partial charge in [-0.05, 0) is 63.2 Å². The van der Waals surface area contributed by atoms with Gasteiger partial charge in [0.15, 0.2) is 12.2 Å². The summed E-state index contributed by atoms with van der Waals surface area (Å²) in [6, 6.07) is 0. The lowest BCUT2D eigenvalue weighted by molar-refractivity contribution is -0.161. The van der Waals surface area contributed by atoms with Crippen LogP contribution in [0.1, 0.15) is 427 Å². The molecule has 0 rings (SSSR count). The summed E-state index contributed by atoms with van der Waals surface area (Å²) in [5, 5.41) is 10.7. The molecular formula is C85H162O17P2. The van der Waals surface area contributed by atoms with E-state index in [1.165, 1.54) is 225 Å². The molecule has 4 unspecified atom stereocenters. The van der Waals surface area contributed by atoms with Gasteiger partial charge in [0.25, 0.3) is 0 Å². The van der Waals surface area contributed by atoms with Gasteiger partial charge in [0.1, 0.15) is 19.3 Å². The maximum atomic E-state index is 13.1. The molecule has 0 aliphatic heterocycles. The van der Waals surface area contributed by atoms with Crippen molar-refractivity contribution in [1.82, 2.24) is 0 Å². The van der Waals surface area contributed by atoms with Crippen molar-refractivity contribution in [3.8, 4) is 0 Å². The van der Waals surface area contributed by atoms with Gasteiger partial charge in [-0.2, -0.15) is 0 Å². The molecule has 0 aromatic rings. The fraction of sp³-hybridized carbons (Fsp3) is 0.906. The summed E-state index contributed by atoms with van der Waals surface area (Å²) in [6.07, 6.45) is 70.3. The molecule has 7 atom stereocenters. The monoisotopic (exact) mass is 1520 g/mol. The highest BCUT2D eigenvalue weighted by Gasteiger charge is 2.30. The van der Waals surface area contributed by atoms with Gasteiger partial charge in [-0.15, -0.1) is 0 Å². The van der Waals surface area contributed by atoms with Crippen molar-refractivity contribution >= 4 is 39.5 Å². The summed E-state index contributed by atoms with van der Waals surface area (Å²) >= 11 is 0. The normalized spacial score (nSPS) is 14.5. The maximum absolute atomic E-state index is 13.1. The second-order valence-electron chi connectivity index (χ2n) is 30.4. The standard InChI is InChI=1S/C85H162O17P2/c1-7-11-13-15-17-19-21-23-25-26-27-28-29-30-32-38-42-46-50-58-64-69-84(89)101-80(73-95-82(87)67-61-55-48-44-40-36-34-33-35-39-43-47-53-59-65-77(5)9-3)75-99-103(91,92)97-71-79(86)72-98-104(93,94)100-76-81(74-96-83(88)68-62-56-52-51-54-60-66-78(6)10-4)102-85(90)70-63-57-49-45-41-37-31-24-22-20-18-16-14-12-8-2/h20,22,24,31,77-81,86H,7-19,21,23,25-30,32-76H2,1-6H3,(H,91,92)(H,93,94)/b22-20-,31-24-/t77?,78?,79-,80-,81-/m1/s1. The molecular weight excluding hydrogens is 1350 g/mol. The Morgan fingerprint density at radius 1 is 0.308 bits per heavy atom. The third-order valence-corrected chi connectivity index (χ3v) is 22.0. The minimum atomic E-state index is -4.97. The van der Waals surface area contributed by atoms with E-state index in [9.17, 15) is 43.2 Å². The first-order valence-electron chi connectivity index (χ1n) is 43.4. The Balaban J connectivity index is 5.26. The number of hydrogen-bond donors (Lipinski definition) is 3. The van der Waals surface area contributed by atoms with Crippen LogP contribution < -0.4 is 0 Å². The van der Waals surface area contributed by atoms with Crippen LogP contribution in [0.25, 0.3) is 0 Å². The van der Waals surface area contributed by atoms with Crippen LogP contribution in [0.15, 0.2) is 24.3 Å². The second-order valence-corrected chi connectivity index (χ2v) is 33.3. The molecule has 0 heterocycles. The molecule has 17 nitrogen and oxygen atoms in total. The van der Waals surface area contributed by atoms with Crippen LogP contribution in [0.5, 0.6) is 0 Å². The summed E-state index contributed by atoms with van der Waals surface area (Å²) in [5.41, 5.74) is 0. The van der Waals surface area contributed by atoms with Gasteiger partial charge in [0.2, 0.25) is 0 Å². The van der Waals surface area contributed by atoms with E-state index in [0.29, 0.717) is 25.7 Å². The molecule has 0 aliphatic carbocycles. The minimum absolute atomic E-state index is 0.0844. The maximum Gasteiger partial charge on any atom is 0.472 e. The van der Waals surface area contributed by atoms with Crippen molar-refractivity contribution in [2.75, 3.05) is 39.6 Å². The van der Waals surface area contributed by atoms with Gasteiger partial charge >= 0.3 is 39.5 Å². The third kappa shape index (κ3) is 75.0. The number of phosphoric ester groups is 2. The largest absolute Gasteiger partial charge is 0.472 e. The first kappa shape index (κ1) is 102. The Morgan fingerprint density at radius 3 is 0.817 bits per heavy atom. The minimum Gasteiger partial charge on any atom is -0.462 e. The fourth-order valence-electron chi connectivity index (χ4n) is 12.6. The zero-order valence-electron chi connectivity index (χ0n) is 67.8. The molecule has 0 spiro atoms. The molecule has 0 fully saturated rings. The van der Waals surface area contributed by atoms with Crippen molar-refractivity contribution in [1.29, 1.82) is 0 Å². The molecule has 0 aliphatic rings. The van der Waals surface area contributed by atoms with E-state index in [2.05, 4.69) is 65.8 Å². The number of aliphatic hydroxyl groups is 1. The Bertz CT molecular complexity index is 2090. The number of allylic oxidation sites excluding steroid dienone is 4. The summed E-state index contributed by atoms with van der Waals surface area (Å²) in [6.45, 7) is 9.60. The van der Waals surface area contributed by atoms with E-state index in [-0.39, 0.29) is 25.7 Å². The number of rotatable bonds is 82. The number of carbonyl (C=O) groups is 4. The first-order valence-corrected chi connectivity index (χ1v) is 46.4. The topological polar surface area (TPSA) is 237 Å². The molecule has 0 radical (unpaired) electrons. The predicted molar refractivity (Wildman–Crippen MR) is 427 cm³/mol. The van der Waals surface area contributed by atoms with Crippen LogP contribution in [0.3, 0.4) is 0 Å². The van der Waals surface area contributed by atoms with Crippen molar-refractivity contribution in [2.24, 2.45) is 11.8 Å². The molecule has 0 amide bonds.